The minimum absolute atomic E-state index is 0.815. The Hall–Kier alpha value is -1.61. The van der Waals surface area contributed by atoms with Crippen molar-refractivity contribution in [3.63, 3.8) is 0 Å². The molecular weight excluding hydrogens is 234 g/mol. The van der Waals surface area contributed by atoms with Crippen molar-refractivity contribution < 1.29 is 0 Å². The van der Waals surface area contributed by atoms with Crippen LogP contribution in [-0.4, -0.2) is 25.6 Å². The van der Waals surface area contributed by atoms with E-state index in [1.54, 1.807) is 0 Å². The van der Waals surface area contributed by atoms with Crippen molar-refractivity contribution in [2.75, 3.05) is 25.5 Å². The molecule has 0 amide bonds. The lowest BCUT2D eigenvalue weighted by molar-refractivity contribution is 0.762. The molecule has 2 aromatic rings. The highest BCUT2D eigenvalue weighted by Gasteiger charge is 2.24. The third-order valence-corrected chi connectivity index (χ3v) is 3.72. The lowest BCUT2D eigenvalue weighted by Gasteiger charge is -2.21. The van der Waals surface area contributed by atoms with Crippen molar-refractivity contribution in [3.8, 4) is 0 Å². The number of nitrogens with one attached hydrogen (secondary N) is 1. The normalized spacial score (nSPS) is 14.8. The molecule has 100 valence electrons. The number of fused-ring (bicyclic) bond motifs is 1. The van der Waals surface area contributed by atoms with Crippen molar-refractivity contribution in [1.29, 1.82) is 0 Å². The fourth-order valence-electron chi connectivity index (χ4n) is 2.57. The largest absolute Gasteiger partial charge is 0.359 e. The first-order valence-corrected chi connectivity index (χ1v) is 7.02. The quantitative estimate of drug-likeness (QED) is 0.890. The number of hydrogen-bond acceptors (Lipinski definition) is 3. The SMILES string of the molecule is CNCc1cc2ccccc2c(N(C)CC2CC2)n1. The Kier molecular flexibility index (Phi) is 3.38. The van der Waals surface area contributed by atoms with Gasteiger partial charge in [-0.1, -0.05) is 24.3 Å². The summed E-state index contributed by atoms with van der Waals surface area (Å²) < 4.78 is 0. The standard InChI is InChI=1S/C16H21N3/c1-17-10-14-9-13-5-3-4-6-15(13)16(18-14)19(2)11-12-7-8-12/h3-6,9,12,17H,7-8,10-11H2,1-2H3. The third-order valence-electron chi connectivity index (χ3n) is 3.72. The van der Waals surface area contributed by atoms with Gasteiger partial charge in [0.2, 0.25) is 0 Å². The van der Waals surface area contributed by atoms with E-state index in [4.69, 9.17) is 4.98 Å². The van der Waals surface area contributed by atoms with E-state index in [-0.39, 0.29) is 0 Å². The van der Waals surface area contributed by atoms with Gasteiger partial charge in [0.15, 0.2) is 0 Å². The van der Waals surface area contributed by atoms with Gasteiger partial charge in [0.25, 0.3) is 0 Å². The fraction of sp³-hybridized carbons (Fsp3) is 0.438. The van der Waals surface area contributed by atoms with E-state index >= 15 is 0 Å². The second kappa shape index (κ2) is 5.17. The average molecular weight is 255 g/mol. The first-order valence-electron chi connectivity index (χ1n) is 7.02. The zero-order chi connectivity index (χ0) is 13.2. The molecule has 1 aromatic carbocycles. The molecule has 0 saturated heterocycles. The number of hydrogen-bond donors (Lipinski definition) is 1. The summed E-state index contributed by atoms with van der Waals surface area (Å²) in [4.78, 5) is 7.15. The molecule has 1 fully saturated rings. The van der Waals surface area contributed by atoms with Gasteiger partial charge < -0.3 is 10.2 Å². The summed E-state index contributed by atoms with van der Waals surface area (Å²) in [6, 6.07) is 10.7. The summed E-state index contributed by atoms with van der Waals surface area (Å²) in [5.41, 5.74) is 1.11. The first kappa shape index (κ1) is 12.4. The Labute approximate surface area is 114 Å². The van der Waals surface area contributed by atoms with Crippen molar-refractivity contribution in [2.45, 2.75) is 19.4 Å². The molecule has 3 heteroatoms. The number of benzene rings is 1. The number of anilines is 1. The minimum atomic E-state index is 0.815. The number of aromatic nitrogens is 1. The minimum Gasteiger partial charge on any atom is -0.359 e. The highest BCUT2D eigenvalue weighted by atomic mass is 15.2. The molecule has 1 aliphatic rings. The van der Waals surface area contributed by atoms with Crippen LogP contribution in [-0.2, 0) is 6.54 Å². The predicted molar refractivity (Wildman–Crippen MR) is 80.5 cm³/mol. The van der Waals surface area contributed by atoms with E-state index in [1.165, 1.54) is 23.6 Å². The van der Waals surface area contributed by atoms with Gasteiger partial charge in [-0.2, -0.15) is 0 Å². The summed E-state index contributed by atoms with van der Waals surface area (Å²) in [6.45, 7) is 1.94. The zero-order valence-electron chi connectivity index (χ0n) is 11.7. The van der Waals surface area contributed by atoms with Crippen molar-refractivity contribution in [2.24, 2.45) is 5.92 Å². The van der Waals surface area contributed by atoms with Gasteiger partial charge in [0, 0.05) is 25.5 Å². The Bertz CT molecular complexity index is 575. The van der Waals surface area contributed by atoms with Gasteiger partial charge in [0.05, 0.1) is 5.69 Å². The van der Waals surface area contributed by atoms with Crippen molar-refractivity contribution in [3.05, 3.63) is 36.0 Å². The molecule has 0 atom stereocenters. The molecule has 0 spiro atoms. The van der Waals surface area contributed by atoms with Crippen LogP contribution in [0.4, 0.5) is 5.82 Å². The Balaban J connectivity index is 2.02. The highest BCUT2D eigenvalue weighted by molar-refractivity contribution is 5.92. The monoisotopic (exact) mass is 255 g/mol. The number of pyridine rings is 1. The van der Waals surface area contributed by atoms with Gasteiger partial charge in [-0.05, 0) is 37.3 Å². The summed E-state index contributed by atoms with van der Waals surface area (Å²) >= 11 is 0. The molecule has 0 radical (unpaired) electrons. The second-order valence-corrected chi connectivity index (χ2v) is 5.51. The maximum atomic E-state index is 4.83. The van der Waals surface area contributed by atoms with Crippen molar-refractivity contribution >= 4 is 16.6 Å². The molecule has 1 aliphatic carbocycles. The zero-order valence-corrected chi connectivity index (χ0v) is 11.7. The van der Waals surface area contributed by atoms with Crippen molar-refractivity contribution in [1.82, 2.24) is 10.3 Å². The molecule has 0 unspecified atom stereocenters. The summed E-state index contributed by atoms with van der Waals surface area (Å²) in [5, 5.41) is 5.72. The molecule has 3 nitrogen and oxygen atoms in total. The number of rotatable bonds is 5. The van der Waals surface area contributed by atoms with Crippen LogP contribution >= 0.6 is 0 Å². The Morgan fingerprint density at radius 1 is 1.32 bits per heavy atom. The van der Waals surface area contributed by atoms with E-state index in [1.807, 2.05) is 7.05 Å². The van der Waals surface area contributed by atoms with Crippen LogP contribution in [0.1, 0.15) is 18.5 Å². The summed E-state index contributed by atoms with van der Waals surface area (Å²) in [6.07, 6.45) is 2.75. The van der Waals surface area contributed by atoms with Crippen LogP contribution in [0.25, 0.3) is 10.8 Å². The molecule has 19 heavy (non-hydrogen) atoms. The van der Waals surface area contributed by atoms with Gasteiger partial charge >= 0.3 is 0 Å². The van der Waals surface area contributed by atoms with E-state index in [0.717, 1.165) is 30.5 Å². The van der Waals surface area contributed by atoms with E-state index in [2.05, 4.69) is 47.6 Å². The molecule has 1 N–H and O–H groups in total. The van der Waals surface area contributed by atoms with Crippen LogP contribution < -0.4 is 10.2 Å². The lowest BCUT2D eigenvalue weighted by atomic mass is 10.1. The van der Waals surface area contributed by atoms with Crippen LogP contribution in [0, 0.1) is 5.92 Å². The predicted octanol–water partition coefficient (Wildman–Crippen LogP) is 2.80. The smallest absolute Gasteiger partial charge is 0.136 e. The van der Waals surface area contributed by atoms with Gasteiger partial charge in [-0.25, -0.2) is 4.98 Å². The average Bonchev–Trinajstić information content (AvgIpc) is 3.22. The first-order chi connectivity index (χ1) is 9.28. The van der Waals surface area contributed by atoms with Gasteiger partial charge in [-0.3, -0.25) is 0 Å². The van der Waals surface area contributed by atoms with Crippen LogP contribution in [0.2, 0.25) is 0 Å². The maximum absolute atomic E-state index is 4.83. The molecule has 0 aliphatic heterocycles. The van der Waals surface area contributed by atoms with Gasteiger partial charge in [-0.15, -0.1) is 0 Å². The van der Waals surface area contributed by atoms with Crippen LogP contribution in [0.3, 0.4) is 0 Å². The fourth-order valence-corrected chi connectivity index (χ4v) is 2.57. The highest BCUT2D eigenvalue weighted by Crippen LogP contribution is 2.32. The molecule has 0 bridgehead atoms. The Morgan fingerprint density at radius 3 is 2.84 bits per heavy atom. The summed E-state index contributed by atoms with van der Waals surface area (Å²) in [5.74, 6) is 1.99. The third kappa shape index (κ3) is 2.71. The number of nitrogens with zero attached hydrogens (tertiary/aromatic N) is 2. The maximum Gasteiger partial charge on any atom is 0.136 e. The van der Waals surface area contributed by atoms with Crippen LogP contribution in [0.15, 0.2) is 30.3 Å². The Morgan fingerprint density at radius 2 is 2.11 bits per heavy atom. The topological polar surface area (TPSA) is 28.2 Å². The lowest BCUT2D eigenvalue weighted by Crippen LogP contribution is -2.22. The van der Waals surface area contributed by atoms with Gasteiger partial charge in [0.1, 0.15) is 5.82 Å². The molecular formula is C16H21N3. The molecule has 1 heterocycles. The molecule has 3 rings (SSSR count). The van der Waals surface area contributed by atoms with E-state index in [0.29, 0.717) is 0 Å². The molecule has 1 aromatic heterocycles. The molecule has 1 saturated carbocycles. The van der Waals surface area contributed by atoms with E-state index in [9.17, 15) is 0 Å². The second-order valence-electron chi connectivity index (χ2n) is 5.51. The summed E-state index contributed by atoms with van der Waals surface area (Å²) in [7, 11) is 4.13. The van der Waals surface area contributed by atoms with Crippen LogP contribution in [0.5, 0.6) is 0 Å². The van der Waals surface area contributed by atoms with E-state index < -0.39 is 0 Å².